The van der Waals surface area contributed by atoms with Crippen molar-refractivity contribution in [3.8, 4) is 0 Å². The third-order valence-electron chi connectivity index (χ3n) is 5.53. The van der Waals surface area contributed by atoms with Crippen molar-refractivity contribution < 1.29 is 9.18 Å². The molecule has 3 aromatic rings. The van der Waals surface area contributed by atoms with E-state index in [9.17, 15) is 9.18 Å². The molecule has 0 bridgehead atoms. The summed E-state index contributed by atoms with van der Waals surface area (Å²) in [4.78, 5) is 15.4. The first-order valence-electron chi connectivity index (χ1n) is 9.87. The molecule has 29 heavy (non-hydrogen) atoms. The molecule has 1 N–H and O–H groups in total. The molecule has 0 saturated carbocycles. The van der Waals surface area contributed by atoms with Crippen LogP contribution in [-0.2, 0) is 24.9 Å². The van der Waals surface area contributed by atoms with E-state index in [1.54, 1.807) is 27.8 Å². The fraction of sp³-hybridized carbons (Fsp3) is 0.304. The van der Waals surface area contributed by atoms with Crippen LogP contribution in [0.3, 0.4) is 0 Å². The van der Waals surface area contributed by atoms with Gasteiger partial charge < -0.3 is 10.2 Å². The third kappa shape index (κ3) is 4.38. The summed E-state index contributed by atoms with van der Waals surface area (Å²) in [6.45, 7) is 2.04. The molecule has 1 amide bonds. The highest BCUT2D eigenvalue weighted by atomic mass is 19.1. The normalized spacial score (nSPS) is 18.7. The maximum absolute atomic E-state index is 14.3. The lowest BCUT2D eigenvalue weighted by Crippen LogP contribution is -2.38. The minimum atomic E-state index is -0.285. The van der Waals surface area contributed by atoms with E-state index >= 15 is 0 Å². The Hall–Kier alpha value is -2.99. The van der Waals surface area contributed by atoms with Gasteiger partial charge in [0.15, 0.2) is 0 Å². The average molecular weight is 392 g/mol. The first-order chi connectivity index (χ1) is 14.1. The maximum Gasteiger partial charge on any atom is 0.228 e. The van der Waals surface area contributed by atoms with Crippen molar-refractivity contribution in [3.05, 3.63) is 89.5 Å². The average Bonchev–Trinajstić information content (AvgIpc) is 3.38. The number of nitrogens with one attached hydrogen (secondary N) is 1. The SMILES string of the molecule is Cn1cc([C@H]2CNC[C@@H]2C(=O)N(Cc2ccccc2)Cc2ccccc2F)cn1. The number of nitrogens with zero attached hydrogens (tertiary/aromatic N) is 3. The Labute approximate surface area is 170 Å². The van der Waals surface area contributed by atoms with Crippen molar-refractivity contribution in [1.82, 2.24) is 20.0 Å². The molecule has 4 rings (SSSR count). The van der Waals surface area contributed by atoms with Crippen molar-refractivity contribution in [2.75, 3.05) is 13.1 Å². The second-order valence-electron chi connectivity index (χ2n) is 7.59. The van der Waals surface area contributed by atoms with Crippen LogP contribution in [0.4, 0.5) is 4.39 Å². The van der Waals surface area contributed by atoms with Gasteiger partial charge in [-0.3, -0.25) is 9.48 Å². The molecule has 0 aliphatic carbocycles. The van der Waals surface area contributed by atoms with E-state index < -0.39 is 0 Å². The van der Waals surface area contributed by atoms with Gasteiger partial charge in [0, 0.05) is 50.9 Å². The molecule has 2 atom stereocenters. The van der Waals surface area contributed by atoms with E-state index in [-0.39, 0.29) is 30.1 Å². The van der Waals surface area contributed by atoms with Crippen LogP contribution in [0.5, 0.6) is 0 Å². The number of amides is 1. The molecule has 0 spiro atoms. The Kier molecular flexibility index (Phi) is 5.71. The van der Waals surface area contributed by atoms with Crippen LogP contribution >= 0.6 is 0 Å². The first-order valence-corrected chi connectivity index (χ1v) is 9.87. The summed E-state index contributed by atoms with van der Waals surface area (Å²) in [6, 6.07) is 16.5. The van der Waals surface area contributed by atoms with Gasteiger partial charge >= 0.3 is 0 Å². The molecule has 2 aromatic carbocycles. The third-order valence-corrected chi connectivity index (χ3v) is 5.53. The number of carbonyl (C=O) groups excluding carboxylic acids is 1. The molecule has 2 heterocycles. The second-order valence-corrected chi connectivity index (χ2v) is 7.59. The molecule has 1 aromatic heterocycles. The van der Waals surface area contributed by atoms with Crippen LogP contribution in [-0.4, -0.2) is 33.7 Å². The van der Waals surface area contributed by atoms with Crippen LogP contribution < -0.4 is 5.32 Å². The minimum absolute atomic E-state index is 0.0379. The van der Waals surface area contributed by atoms with Gasteiger partial charge in [0.1, 0.15) is 5.82 Å². The zero-order valence-electron chi connectivity index (χ0n) is 16.5. The topological polar surface area (TPSA) is 50.2 Å². The van der Waals surface area contributed by atoms with Crippen molar-refractivity contribution in [2.24, 2.45) is 13.0 Å². The molecule has 1 fully saturated rings. The lowest BCUT2D eigenvalue weighted by atomic mass is 9.89. The van der Waals surface area contributed by atoms with Crippen molar-refractivity contribution in [2.45, 2.75) is 19.0 Å². The van der Waals surface area contributed by atoms with E-state index in [0.717, 1.165) is 17.7 Å². The summed E-state index contributed by atoms with van der Waals surface area (Å²) in [5.74, 6) is -0.382. The summed E-state index contributed by atoms with van der Waals surface area (Å²) in [5.41, 5.74) is 2.61. The Morgan fingerprint density at radius 2 is 1.90 bits per heavy atom. The Balaban J connectivity index is 1.60. The molecular weight excluding hydrogens is 367 g/mol. The van der Waals surface area contributed by atoms with E-state index in [4.69, 9.17) is 0 Å². The van der Waals surface area contributed by atoms with Crippen molar-refractivity contribution in [3.63, 3.8) is 0 Å². The summed E-state index contributed by atoms with van der Waals surface area (Å²) in [7, 11) is 1.88. The quantitative estimate of drug-likeness (QED) is 0.701. The molecule has 5 nitrogen and oxygen atoms in total. The minimum Gasteiger partial charge on any atom is -0.334 e. The molecule has 0 unspecified atom stereocenters. The molecule has 150 valence electrons. The van der Waals surface area contributed by atoms with E-state index in [2.05, 4.69) is 10.4 Å². The van der Waals surface area contributed by atoms with Gasteiger partial charge in [-0.25, -0.2) is 4.39 Å². The molecule has 6 heteroatoms. The Bertz CT molecular complexity index is 972. The first kappa shape index (κ1) is 19.3. The summed E-state index contributed by atoms with van der Waals surface area (Å²) < 4.78 is 16.1. The van der Waals surface area contributed by atoms with Crippen molar-refractivity contribution in [1.29, 1.82) is 0 Å². The van der Waals surface area contributed by atoms with Gasteiger partial charge in [-0.2, -0.15) is 5.10 Å². The number of hydrogen-bond donors (Lipinski definition) is 1. The van der Waals surface area contributed by atoms with Gasteiger partial charge in [0.2, 0.25) is 5.91 Å². The highest BCUT2D eigenvalue weighted by Crippen LogP contribution is 2.30. The maximum atomic E-state index is 14.3. The molecule has 1 aliphatic heterocycles. The zero-order valence-corrected chi connectivity index (χ0v) is 16.5. The number of benzene rings is 2. The molecule has 1 saturated heterocycles. The van der Waals surface area contributed by atoms with Gasteiger partial charge in [0.05, 0.1) is 12.1 Å². The number of rotatable bonds is 6. The number of carbonyl (C=O) groups is 1. The number of aromatic nitrogens is 2. The smallest absolute Gasteiger partial charge is 0.228 e. The lowest BCUT2D eigenvalue weighted by Gasteiger charge is -2.28. The van der Waals surface area contributed by atoms with E-state index in [1.165, 1.54) is 6.07 Å². The van der Waals surface area contributed by atoms with Crippen LogP contribution in [0.25, 0.3) is 0 Å². The van der Waals surface area contributed by atoms with Crippen molar-refractivity contribution >= 4 is 5.91 Å². The summed E-state index contributed by atoms with van der Waals surface area (Å²) >= 11 is 0. The molecule has 1 aliphatic rings. The fourth-order valence-corrected chi connectivity index (χ4v) is 4.00. The monoisotopic (exact) mass is 392 g/mol. The summed E-state index contributed by atoms with van der Waals surface area (Å²) in [6.07, 6.45) is 3.80. The predicted molar refractivity (Wildman–Crippen MR) is 109 cm³/mol. The molecule has 0 radical (unpaired) electrons. The van der Waals surface area contributed by atoms with Gasteiger partial charge in [-0.05, 0) is 17.2 Å². The Morgan fingerprint density at radius 1 is 1.14 bits per heavy atom. The van der Waals surface area contributed by atoms with Gasteiger partial charge in [-0.15, -0.1) is 0 Å². The van der Waals surface area contributed by atoms with E-state index in [0.29, 0.717) is 18.7 Å². The highest BCUT2D eigenvalue weighted by Gasteiger charge is 2.37. The van der Waals surface area contributed by atoms with Crippen LogP contribution in [0, 0.1) is 11.7 Å². The number of halogens is 1. The van der Waals surface area contributed by atoms with E-state index in [1.807, 2.05) is 49.8 Å². The zero-order chi connectivity index (χ0) is 20.2. The van der Waals surface area contributed by atoms with Crippen LogP contribution in [0.1, 0.15) is 22.6 Å². The Morgan fingerprint density at radius 3 is 2.62 bits per heavy atom. The summed E-state index contributed by atoms with van der Waals surface area (Å²) in [5, 5.41) is 7.61. The second kappa shape index (κ2) is 8.57. The largest absolute Gasteiger partial charge is 0.334 e. The number of aryl methyl sites for hydroxylation is 1. The fourth-order valence-electron chi connectivity index (χ4n) is 4.00. The number of hydrogen-bond acceptors (Lipinski definition) is 3. The van der Waals surface area contributed by atoms with Crippen LogP contribution in [0.15, 0.2) is 67.0 Å². The van der Waals surface area contributed by atoms with Crippen LogP contribution in [0.2, 0.25) is 0 Å². The highest BCUT2D eigenvalue weighted by molar-refractivity contribution is 5.80. The van der Waals surface area contributed by atoms with Gasteiger partial charge in [-0.1, -0.05) is 48.5 Å². The predicted octanol–water partition coefficient (Wildman–Crippen LogP) is 3.09. The molecular formula is C23H25FN4O. The van der Waals surface area contributed by atoms with Gasteiger partial charge in [0.25, 0.3) is 0 Å². The standard InChI is InChI=1S/C23H25FN4O/c1-27-15-19(11-26-27)20-12-25-13-21(20)23(29)28(14-17-7-3-2-4-8-17)16-18-9-5-6-10-22(18)24/h2-11,15,20-21,25H,12-14,16H2,1H3/t20-,21+/m1/s1. The lowest BCUT2D eigenvalue weighted by molar-refractivity contribution is -0.136.